The van der Waals surface area contributed by atoms with Crippen LogP contribution in [0.1, 0.15) is 0 Å². The SMILES string of the molecule is O=c1[nH]c(-c2ccc(Cl)cc2)cc2c1-c1ccccc1-2. The molecule has 0 aliphatic heterocycles. The molecule has 0 amide bonds. The highest BCUT2D eigenvalue weighted by atomic mass is 35.5. The summed E-state index contributed by atoms with van der Waals surface area (Å²) in [7, 11) is 0. The molecule has 0 saturated carbocycles. The van der Waals surface area contributed by atoms with Crippen molar-refractivity contribution in [3.8, 4) is 33.5 Å². The third-order valence-electron chi connectivity index (χ3n) is 3.68. The quantitative estimate of drug-likeness (QED) is 0.552. The van der Waals surface area contributed by atoms with Crippen molar-refractivity contribution in [2.45, 2.75) is 0 Å². The Morgan fingerprint density at radius 2 is 1.55 bits per heavy atom. The zero-order valence-electron chi connectivity index (χ0n) is 10.5. The number of aromatic amines is 1. The van der Waals surface area contributed by atoms with Crippen molar-refractivity contribution >= 4 is 11.6 Å². The van der Waals surface area contributed by atoms with Gasteiger partial charge in [-0.1, -0.05) is 48.0 Å². The Labute approximate surface area is 120 Å². The summed E-state index contributed by atoms with van der Waals surface area (Å²) in [5.74, 6) is 0. The standard InChI is InChI=1S/C17H10ClNO/c18-11-7-5-10(6-8-11)15-9-14-12-3-1-2-4-13(12)16(14)17(20)19-15/h1-9H,(H,19,20). The lowest BCUT2D eigenvalue weighted by atomic mass is 9.81. The summed E-state index contributed by atoms with van der Waals surface area (Å²) in [5, 5.41) is 0.686. The zero-order valence-corrected chi connectivity index (χ0v) is 11.2. The molecule has 0 radical (unpaired) electrons. The van der Waals surface area contributed by atoms with E-state index in [0.717, 1.165) is 33.5 Å². The van der Waals surface area contributed by atoms with Crippen LogP contribution in [0.15, 0.2) is 59.4 Å². The van der Waals surface area contributed by atoms with Gasteiger partial charge in [0.15, 0.2) is 0 Å². The zero-order chi connectivity index (χ0) is 13.7. The van der Waals surface area contributed by atoms with Gasteiger partial charge in [0.05, 0.1) is 5.56 Å². The van der Waals surface area contributed by atoms with Crippen LogP contribution in [-0.2, 0) is 0 Å². The molecule has 0 saturated heterocycles. The van der Waals surface area contributed by atoms with E-state index in [0.29, 0.717) is 5.02 Å². The largest absolute Gasteiger partial charge is 0.321 e. The third kappa shape index (κ3) is 1.55. The molecule has 1 aliphatic rings. The smallest absolute Gasteiger partial charge is 0.256 e. The monoisotopic (exact) mass is 279 g/mol. The Bertz CT molecular complexity index is 878. The van der Waals surface area contributed by atoms with Crippen LogP contribution in [0.4, 0.5) is 0 Å². The lowest BCUT2D eigenvalue weighted by Crippen LogP contribution is -2.16. The van der Waals surface area contributed by atoms with E-state index in [4.69, 9.17) is 11.6 Å². The highest BCUT2D eigenvalue weighted by Crippen LogP contribution is 2.45. The minimum Gasteiger partial charge on any atom is -0.321 e. The number of benzene rings is 2. The van der Waals surface area contributed by atoms with E-state index < -0.39 is 0 Å². The topological polar surface area (TPSA) is 32.9 Å². The van der Waals surface area contributed by atoms with Crippen molar-refractivity contribution in [1.29, 1.82) is 0 Å². The second-order valence-electron chi connectivity index (χ2n) is 4.85. The number of pyridine rings is 1. The molecule has 2 nitrogen and oxygen atoms in total. The molecule has 1 aliphatic carbocycles. The maximum atomic E-state index is 12.2. The first-order valence-electron chi connectivity index (χ1n) is 6.37. The Morgan fingerprint density at radius 1 is 0.850 bits per heavy atom. The number of hydrogen-bond donors (Lipinski definition) is 1. The van der Waals surface area contributed by atoms with Crippen molar-refractivity contribution in [1.82, 2.24) is 4.98 Å². The Kier molecular flexibility index (Phi) is 2.35. The van der Waals surface area contributed by atoms with Gasteiger partial charge >= 0.3 is 0 Å². The molecule has 0 atom stereocenters. The molecule has 3 aromatic rings. The maximum Gasteiger partial charge on any atom is 0.256 e. The van der Waals surface area contributed by atoms with Crippen LogP contribution in [-0.4, -0.2) is 4.98 Å². The summed E-state index contributed by atoms with van der Waals surface area (Å²) < 4.78 is 0. The lowest BCUT2D eigenvalue weighted by molar-refractivity contribution is 1.23. The van der Waals surface area contributed by atoms with Crippen LogP contribution in [0.5, 0.6) is 0 Å². The second-order valence-corrected chi connectivity index (χ2v) is 5.29. The van der Waals surface area contributed by atoms with E-state index in [9.17, 15) is 4.79 Å². The number of aromatic nitrogens is 1. The highest BCUT2D eigenvalue weighted by Gasteiger charge is 2.25. The predicted molar refractivity (Wildman–Crippen MR) is 81.9 cm³/mol. The van der Waals surface area contributed by atoms with E-state index >= 15 is 0 Å². The number of hydrogen-bond acceptors (Lipinski definition) is 1. The van der Waals surface area contributed by atoms with Crippen molar-refractivity contribution in [3.05, 3.63) is 70.0 Å². The number of fused-ring (bicyclic) bond motifs is 4. The third-order valence-corrected chi connectivity index (χ3v) is 3.93. The molecule has 3 heteroatoms. The van der Waals surface area contributed by atoms with Gasteiger partial charge in [-0.15, -0.1) is 0 Å². The molecule has 96 valence electrons. The molecule has 1 aromatic heterocycles. The van der Waals surface area contributed by atoms with Crippen molar-refractivity contribution in [2.75, 3.05) is 0 Å². The van der Waals surface area contributed by atoms with Gasteiger partial charge in [0.1, 0.15) is 0 Å². The minimum atomic E-state index is -0.0360. The second kappa shape index (κ2) is 4.09. The van der Waals surface area contributed by atoms with Gasteiger partial charge in [-0.2, -0.15) is 0 Å². The van der Waals surface area contributed by atoms with Gasteiger partial charge in [0, 0.05) is 10.7 Å². The number of halogens is 1. The van der Waals surface area contributed by atoms with Crippen LogP contribution in [0.2, 0.25) is 5.02 Å². The minimum absolute atomic E-state index is 0.0360. The molecule has 0 unspecified atom stereocenters. The first-order chi connectivity index (χ1) is 9.74. The first kappa shape index (κ1) is 11.5. The molecule has 1 N–H and O–H groups in total. The highest BCUT2D eigenvalue weighted by molar-refractivity contribution is 6.30. The first-order valence-corrected chi connectivity index (χ1v) is 6.75. The fourth-order valence-corrected chi connectivity index (χ4v) is 2.82. The van der Waals surface area contributed by atoms with Crippen molar-refractivity contribution in [2.24, 2.45) is 0 Å². The summed E-state index contributed by atoms with van der Waals surface area (Å²) in [4.78, 5) is 15.2. The predicted octanol–water partition coefficient (Wildman–Crippen LogP) is 4.34. The van der Waals surface area contributed by atoms with E-state index in [1.54, 1.807) is 0 Å². The van der Waals surface area contributed by atoms with Gasteiger partial charge in [-0.25, -0.2) is 0 Å². The van der Waals surface area contributed by atoms with Crippen LogP contribution < -0.4 is 5.56 Å². The normalized spacial score (nSPS) is 11.4. The van der Waals surface area contributed by atoms with Gasteiger partial charge in [0.2, 0.25) is 0 Å². The summed E-state index contributed by atoms with van der Waals surface area (Å²) in [6.45, 7) is 0. The van der Waals surface area contributed by atoms with E-state index in [-0.39, 0.29) is 5.56 Å². The van der Waals surface area contributed by atoms with E-state index in [2.05, 4.69) is 4.98 Å². The summed E-state index contributed by atoms with van der Waals surface area (Å²) in [6.07, 6.45) is 0. The average Bonchev–Trinajstić information content (AvgIpc) is 2.45. The van der Waals surface area contributed by atoms with E-state index in [1.807, 2.05) is 54.6 Å². The van der Waals surface area contributed by atoms with Gasteiger partial charge in [-0.3, -0.25) is 4.79 Å². The molecule has 4 rings (SSSR count). The fraction of sp³-hybridized carbons (Fsp3) is 0. The number of H-pyrrole nitrogens is 1. The summed E-state index contributed by atoms with van der Waals surface area (Å²) >= 11 is 5.89. The molecule has 0 fully saturated rings. The molecule has 1 heterocycles. The molecular weight excluding hydrogens is 270 g/mol. The van der Waals surface area contributed by atoms with Gasteiger partial charge in [0.25, 0.3) is 5.56 Å². The molecule has 0 spiro atoms. The van der Waals surface area contributed by atoms with Gasteiger partial charge < -0.3 is 4.98 Å². The molecule has 20 heavy (non-hydrogen) atoms. The molecule has 2 aromatic carbocycles. The molecular formula is C17H10ClNO. The summed E-state index contributed by atoms with van der Waals surface area (Å²) in [6, 6.07) is 17.5. The van der Waals surface area contributed by atoms with Crippen LogP contribution in [0.25, 0.3) is 33.5 Å². The Balaban J connectivity index is 1.90. The summed E-state index contributed by atoms with van der Waals surface area (Å²) in [5.41, 5.74) is 5.73. The average molecular weight is 280 g/mol. The maximum absolute atomic E-state index is 12.2. The van der Waals surface area contributed by atoms with Crippen molar-refractivity contribution < 1.29 is 0 Å². The van der Waals surface area contributed by atoms with Crippen LogP contribution in [0.3, 0.4) is 0 Å². The van der Waals surface area contributed by atoms with Crippen LogP contribution >= 0.6 is 11.6 Å². The Morgan fingerprint density at radius 3 is 2.30 bits per heavy atom. The number of nitrogens with one attached hydrogen (secondary N) is 1. The Hall–Kier alpha value is -2.32. The lowest BCUT2D eigenvalue weighted by Gasteiger charge is -2.23. The van der Waals surface area contributed by atoms with Crippen molar-refractivity contribution in [3.63, 3.8) is 0 Å². The number of rotatable bonds is 1. The molecule has 0 bridgehead atoms. The van der Waals surface area contributed by atoms with Crippen LogP contribution in [0, 0.1) is 0 Å². The fourth-order valence-electron chi connectivity index (χ4n) is 2.70. The van der Waals surface area contributed by atoms with Gasteiger partial charge in [-0.05, 0) is 40.5 Å². The van der Waals surface area contributed by atoms with E-state index in [1.165, 1.54) is 0 Å².